The van der Waals surface area contributed by atoms with Gasteiger partial charge < -0.3 is 8.38 Å². The molecular formula is C9H15ClINO3S. The summed E-state index contributed by atoms with van der Waals surface area (Å²) in [5.74, 6) is 0. The topological polar surface area (TPSA) is 55.4 Å². The molecule has 0 spiro atoms. The van der Waals surface area contributed by atoms with E-state index < -0.39 is 14.7 Å². The van der Waals surface area contributed by atoms with Crippen molar-refractivity contribution in [3.8, 4) is 0 Å². The summed E-state index contributed by atoms with van der Waals surface area (Å²) in [7, 11) is 1.46. The molecule has 94 valence electrons. The summed E-state index contributed by atoms with van der Waals surface area (Å²) in [5, 5.41) is 2.59. The fourth-order valence-electron chi connectivity index (χ4n) is 1.03. The van der Waals surface area contributed by atoms with Crippen molar-refractivity contribution >= 4 is 42.7 Å². The van der Waals surface area contributed by atoms with Gasteiger partial charge >= 0.3 is 0 Å². The normalized spacial score (nSPS) is 13.7. The van der Waals surface area contributed by atoms with E-state index >= 15 is 0 Å². The molecule has 0 amide bonds. The zero-order valence-electron chi connectivity index (χ0n) is 9.38. The molecule has 0 aromatic heterocycles. The third-order valence-electron chi connectivity index (χ3n) is 1.67. The Morgan fingerprint density at radius 1 is 1.62 bits per heavy atom. The fraction of sp³-hybridized carbons (Fsp3) is 0.556. The second kappa shape index (κ2) is 6.23. The second-order valence-corrected chi connectivity index (χ2v) is 6.81. The Bertz CT molecular complexity index is 390. The van der Waals surface area contributed by atoms with Gasteiger partial charge in [-0.1, -0.05) is 12.7 Å². The highest BCUT2D eigenvalue weighted by Gasteiger charge is 2.21. The van der Waals surface area contributed by atoms with Crippen LogP contribution in [-0.2, 0) is 12.1 Å². The van der Waals surface area contributed by atoms with Gasteiger partial charge in [-0.2, -0.15) is 0 Å². The Labute approximate surface area is 115 Å². The molecular weight excluding hydrogens is 365 g/mol. The number of hydrogen-bond donors (Lipinski definition) is 1. The maximum Gasteiger partial charge on any atom is 0.276 e. The molecule has 0 bridgehead atoms. The van der Waals surface area contributed by atoms with Crippen LogP contribution in [0.5, 0.6) is 0 Å². The molecule has 0 aromatic carbocycles. The Kier molecular flexibility index (Phi) is 6.31. The molecule has 0 radical (unpaired) electrons. The lowest BCUT2D eigenvalue weighted by Gasteiger charge is -2.23. The van der Waals surface area contributed by atoms with Crippen LogP contribution in [0, 0.1) is 0 Å². The first-order valence-corrected chi connectivity index (χ1v) is 7.67. The van der Waals surface area contributed by atoms with E-state index in [0.29, 0.717) is 12.1 Å². The number of nitrogens with one attached hydrogen (secondary N) is 1. The Hall–Kier alpha value is 0.210. The molecule has 0 atom stereocenters. The first kappa shape index (κ1) is 16.2. The standard InChI is InChI=1S/C9H15ClINO3S/c1-5-8(16(10,13)14)12-7(2)6-9(3,4)15-11/h5,12H,2,6H2,1,3-4H3/b8-5+. The molecule has 0 aliphatic carbocycles. The fourth-order valence-corrected chi connectivity index (χ4v) is 2.12. The first-order valence-electron chi connectivity index (χ1n) is 4.48. The third-order valence-corrected chi connectivity index (χ3v) is 4.23. The number of rotatable bonds is 6. The number of halogens is 2. The van der Waals surface area contributed by atoms with Gasteiger partial charge in [0, 0.05) is 22.8 Å². The van der Waals surface area contributed by atoms with E-state index in [1.54, 1.807) is 29.9 Å². The summed E-state index contributed by atoms with van der Waals surface area (Å²) in [4.78, 5) is 0. The SMILES string of the molecule is C=C(CC(C)(C)OI)N/C(=C\C)S(=O)(=O)Cl. The van der Waals surface area contributed by atoms with E-state index in [1.165, 1.54) is 6.08 Å². The van der Waals surface area contributed by atoms with Crippen LogP contribution in [0.4, 0.5) is 0 Å². The summed E-state index contributed by atoms with van der Waals surface area (Å²) >= 11 is 1.79. The predicted octanol–water partition coefficient (Wildman–Crippen LogP) is 3.05. The Morgan fingerprint density at radius 2 is 2.12 bits per heavy atom. The largest absolute Gasteiger partial charge is 0.349 e. The molecule has 1 N–H and O–H groups in total. The van der Waals surface area contributed by atoms with E-state index in [-0.39, 0.29) is 5.03 Å². The van der Waals surface area contributed by atoms with Crippen molar-refractivity contribution in [2.24, 2.45) is 0 Å². The van der Waals surface area contributed by atoms with Crippen LogP contribution in [0.3, 0.4) is 0 Å². The van der Waals surface area contributed by atoms with Crippen LogP contribution in [-0.4, -0.2) is 14.0 Å². The van der Waals surface area contributed by atoms with Crippen LogP contribution >= 0.6 is 33.7 Å². The van der Waals surface area contributed by atoms with Gasteiger partial charge in [0.2, 0.25) is 0 Å². The Balaban J connectivity index is 4.59. The summed E-state index contributed by atoms with van der Waals surface area (Å²) in [6, 6.07) is 0. The molecule has 0 rings (SSSR count). The highest BCUT2D eigenvalue weighted by molar-refractivity contribution is 14.1. The molecule has 7 heteroatoms. The lowest BCUT2D eigenvalue weighted by molar-refractivity contribution is 0.173. The van der Waals surface area contributed by atoms with Crippen molar-refractivity contribution in [1.82, 2.24) is 5.32 Å². The Morgan fingerprint density at radius 3 is 2.44 bits per heavy atom. The van der Waals surface area contributed by atoms with Crippen LogP contribution in [0.2, 0.25) is 0 Å². The molecule has 0 fully saturated rings. The number of hydrogen-bond acceptors (Lipinski definition) is 4. The van der Waals surface area contributed by atoms with Gasteiger partial charge in [-0.15, -0.1) is 0 Å². The van der Waals surface area contributed by atoms with E-state index in [0.717, 1.165) is 0 Å². The maximum absolute atomic E-state index is 11.1. The van der Waals surface area contributed by atoms with Gasteiger partial charge in [-0.05, 0) is 20.8 Å². The molecule has 0 saturated carbocycles. The molecule has 0 aliphatic heterocycles. The molecule has 0 heterocycles. The van der Waals surface area contributed by atoms with Gasteiger partial charge in [0.05, 0.1) is 5.60 Å². The van der Waals surface area contributed by atoms with Crippen LogP contribution in [0.1, 0.15) is 27.2 Å². The second-order valence-electron chi connectivity index (χ2n) is 3.83. The average molecular weight is 380 g/mol. The lowest BCUT2D eigenvalue weighted by Crippen LogP contribution is -2.26. The van der Waals surface area contributed by atoms with Crippen molar-refractivity contribution < 1.29 is 11.5 Å². The zero-order valence-corrected chi connectivity index (χ0v) is 13.1. The van der Waals surface area contributed by atoms with Crippen molar-refractivity contribution in [2.45, 2.75) is 32.8 Å². The van der Waals surface area contributed by atoms with E-state index in [9.17, 15) is 8.42 Å². The van der Waals surface area contributed by atoms with Gasteiger partial charge in [0.1, 0.15) is 28.0 Å². The summed E-state index contributed by atoms with van der Waals surface area (Å²) in [5.41, 5.74) is 0.110. The van der Waals surface area contributed by atoms with E-state index in [2.05, 4.69) is 11.9 Å². The minimum absolute atomic E-state index is 0.0663. The van der Waals surface area contributed by atoms with Crippen molar-refractivity contribution in [3.63, 3.8) is 0 Å². The zero-order chi connectivity index (χ0) is 13.0. The molecule has 0 aliphatic rings. The molecule has 4 nitrogen and oxygen atoms in total. The van der Waals surface area contributed by atoms with Crippen molar-refractivity contribution in [3.05, 3.63) is 23.4 Å². The smallest absolute Gasteiger partial charge is 0.276 e. The summed E-state index contributed by atoms with van der Waals surface area (Å²) in [6.45, 7) is 9.05. The maximum atomic E-state index is 11.1. The van der Waals surface area contributed by atoms with Crippen molar-refractivity contribution in [2.75, 3.05) is 0 Å². The monoisotopic (exact) mass is 379 g/mol. The predicted molar refractivity (Wildman–Crippen MR) is 74.6 cm³/mol. The highest BCUT2D eigenvalue weighted by Crippen LogP contribution is 2.22. The molecule has 0 saturated heterocycles. The minimum atomic E-state index is -3.75. The van der Waals surface area contributed by atoms with Crippen LogP contribution in [0.15, 0.2) is 23.4 Å². The first-order chi connectivity index (χ1) is 7.12. The molecule has 0 unspecified atom stereocenters. The third kappa shape index (κ3) is 6.07. The average Bonchev–Trinajstić information content (AvgIpc) is 2.11. The van der Waals surface area contributed by atoms with Gasteiger partial charge in [0.25, 0.3) is 9.05 Å². The van der Waals surface area contributed by atoms with Gasteiger partial charge in [-0.3, -0.25) is 0 Å². The van der Waals surface area contributed by atoms with Crippen LogP contribution < -0.4 is 5.32 Å². The minimum Gasteiger partial charge on any atom is -0.349 e. The van der Waals surface area contributed by atoms with Gasteiger partial charge in [-0.25, -0.2) is 8.42 Å². The van der Waals surface area contributed by atoms with Crippen molar-refractivity contribution in [1.29, 1.82) is 0 Å². The highest BCUT2D eigenvalue weighted by atomic mass is 127. The molecule has 16 heavy (non-hydrogen) atoms. The van der Waals surface area contributed by atoms with E-state index in [1.807, 2.05) is 13.8 Å². The number of allylic oxidation sites excluding steroid dienone is 1. The quantitative estimate of drug-likeness (QED) is 0.569. The molecule has 0 aromatic rings. The van der Waals surface area contributed by atoms with Crippen LogP contribution in [0.25, 0.3) is 0 Å². The van der Waals surface area contributed by atoms with Gasteiger partial charge in [0.15, 0.2) is 0 Å². The summed E-state index contributed by atoms with van der Waals surface area (Å²) < 4.78 is 27.4. The van der Waals surface area contributed by atoms with E-state index in [4.69, 9.17) is 13.7 Å². The lowest BCUT2D eigenvalue weighted by atomic mass is 10.0. The summed E-state index contributed by atoms with van der Waals surface area (Å²) in [6.07, 6.45) is 1.85.